The lowest BCUT2D eigenvalue weighted by Gasteiger charge is -2.25. The number of benzene rings is 20. The van der Waals surface area contributed by atoms with E-state index >= 15 is 0 Å². The summed E-state index contributed by atoms with van der Waals surface area (Å²) in [5.41, 5.74) is 21.7. The van der Waals surface area contributed by atoms with E-state index in [0.717, 1.165) is 22.7 Å². The van der Waals surface area contributed by atoms with E-state index in [1.54, 1.807) is 0 Å². The van der Waals surface area contributed by atoms with Gasteiger partial charge in [-0.05, 0) is 224 Å². The van der Waals surface area contributed by atoms with Crippen LogP contribution in [0.3, 0.4) is 0 Å². The first kappa shape index (κ1) is 73.1. The number of fused-ring (bicyclic) bond motifs is 25. The van der Waals surface area contributed by atoms with Crippen molar-refractivity contribution in [1.82, 2.24) is 18.3 Å². The summed E-state index contributed by atoms with van der Waals surface area (Å²) in [4.78, 5) is 2.31. The SMILES string of the molecule is c1ccc(-n2ccc3c4c(ccc5c6ccccc6sc54)c(-c4ccc5c(c4)c4ccccc4n5-c4ccccc4)cc32)cc1.c1ccc(-n2ccc3c4c(ccc5c6ccccc6sc54)c(-c4ccc5ccccc5c4)cc32)cc1.c1ccc(N(c2ccccc2)c2ccc(-c3cc4c(ccn4-c4ccccc4)c4c3ccc3c5ccccc5sc34)cc2)cc1. The highest BCUT2D eigenvalue weighted by Crippen LogP contribution is 2.51. The monoisotopic (exact) mass is 1660 g/mol. The highest BCUT2D eigenvalue weighted by atomic mass is 32.1. The van der Waals surface area contributed by atoms with Crippen LogP contribution < -0.4 is 4.90 Å². The Morgan fingerprint density at radius 3 is 0.952 bits per heavy atom. The normalized spacial score (nSPS) is 11.8. The van der Waals surface area contributed by atoms with Crippen molar-refractivity contribution in [2.75, 3.05) is 4.90 Å². The van der Waals surface area contributed by atoms with Crippen LogP contribution in [-0.2, 0) is 0 Å². The van der Waals surface area contributed by atoms with Crippen LogP contribution in [0.25, 0.3) is 214 Å². The molecule has 0 fully saturated rings. The van der Waals surface area contributed by atoms with Gasteiger partial charge in [-0.25, -0.2) is 0 Å². The fraction of sp³-hybridized carbons (Fsp3) is 0. The van der Waals surface area contributed by atoms with Gasteiger partial charge < -0.3 is 23.2 Å². The molecule has 590 valence electrons. The molecule has 0 spiro atoms. The van der Waals surface area contributed by atoms with Crippen molar-refractivity contribution in [2.24, 2.45) is 0 Å². The molecule has 7 aromatic heterocycles. The fourth-order valence-electron chi connectivity index (χ4n) is 19.8. The quantitative estimate of drug-likeness (QED) is 0.134. The van der Waals surface area contributed by atoms with Crippen LogP contribution in [-0.4, -0.2) is 18.3 Å². The Balaban J connectivity index is 0.000000104. The molecule has 0 saturated heterocycles. The van der Waals surface area contributed by atoms with Gasteiger partial charge >= 0.3 is 0 Å². The molecule has 0 saturated carbocycles. The molecule has 0 aliphatic carbocycles. The van der Waals surface area contributed by atoms with E-state index in [2.05, 4.69) is 479 Å². The topological polar surface area (TPSA) is 23.0 Å². The third kappa shape index (κ3) is 12.1. The molecule has 126 heavy (non-hydrogen) atoms. The molecule has 5 nitrogen and oxygen atoms in total. The van der Waals surface area contributed by atoms with Crippen molar-refractivity contribution in [3.05, 3.63) is 455 Å². The number of hydrogen-bond acceptors (Lipinski definition) is 4. The molecule has 0 atom stereocenters. The Hall–Kier alpha value is -15.7. The summed E-state index contributed by atoms with van der Waals surface area (Å²) in [5, 5.41) is 24.8. The Morgan fingerprint density at radius 1 is 0.183 bits per heavy atom. The summed E-state index contributed by atoms with van der Waals surface area (Å²) < 4.78 is 17.4. The molecular formula is C118H75N5S3. The van der Waals surface area contributed by atoms with Crippen molar-refractivity contribution in [3.8, 4) is 56.1 Å². The number of hydrogen-bond donors (Lipinski definition) is 0. The number of anilines is 3. The minimum absolute atomic E-state index is 1.13. The largest absolute Gasteiger partial charge is 0.317 e. The van der Waals surface area contributed by atoms with Gasteiger partial charge in [0.15, 0.2) is 0 Å². The van der Waals surface area contributed by atoms with Gasteiger partial charge in [0, 0.05) is 162 Å². The van der Waals surface area contributed by atoms with Crippen LogP contribution in [0, 0.1) is 0 Å². The Kier molecular flexibility index (Phi) is 17.5. The number of para-hydroxylation sites is 7. The third-order valence-corrected chi connectivity index (χ3v) is 29.2. The minimum Gasteiger partial charge on any atom is -0.317 e. The smallest absolute Gasteiger partial charge is 0.0541 e. The molecule has 8 heteroatoms. The zero-order valence-electron chi connectivity index (χ0n) is 68.3. The van der Waals surface area contributed by atoms with Crippen molar-refractivity contribution < 1.29 is 0 Å². The molecular weight excluding hydrogens is 1580 g/mol. The summed E-state index contributed by atoms with van der Waals surface area (Å²) in [6, 6.07) is 159. The summed E-state index contributed by atoms with van der Waals surface area (Å²) >= 11 is 5.72. The van der Waals surface area contributed by atoms with E-state index < -0.39 is 0 Å². The highest BCUT2D eigenvalue weighted by molar-refractivity contribution is 7.27. The fourth-order valence-corrected chi connectivity index (χ4v) is 23.6. The van der Waals surface area contributed by atoms with Crippen LogP contribution in [0.5, 0.6) is 0 Å². The zero-order chi connectivity index (χ0) is 82.9. The van der Waals surface area contributed by atoms with Gasteiger partial charge in [0.1, 0.15) is 0 Å². The summed E-state index contributed by atoms with van der Waals surface area (Å²) in [6.07, 6.45) is 6.66. The zero-order valence-corrected chi connectivity index (χ0v) is 70.7. The first-order valence-electron chi connectivity index (χ1n) is 42.9. The molecule has 27 aromatic rings. The first-order chi connectivity index (χ1) is 62.5. The summed E-state index contributed by atoms with van der Waals surface area (Å²) in [5.74, 6) is 0. The van der Waals surface area contributed by atoms with Crippen molar-refractivity contribution in [1.29, 1.82) is 0 Å². The van der Waals surface area contributed by atoms with Gasteiger partial charge in [-0.1, -0.05) is 273 Å². The van der Waals surface area contributed by atoms with Crippen LogP contribution in [0.15, 0.2) is 455 Å². The number of aromatic nitrogens is 4. The lowest BCUT2D eigenvalue weighted by atomic mass is 9.93. The molecule has 0 aliphatic rings. The van der Waals surface area contributed by atoms with Crippen molar-refractivity contribution in [3.63, 3.8) is 0 Å². The lowest BCUT2D eigenvalue weighted by molar-refractivity contribution is 1.13. The van der Waals surface area contributed by atoms with E-state index in [1.165, 1.54) is 209 Å². The lowest BCUT2D eigenvalue weighted by Crippen LogP contribution is -2.09. The van der Waals surface area contributed by atoms with Gasteiger partial charge in [0.05, 0.1) is 27.6 Å². The standard InChI is InChI=1S/C42H26N2S.C42H28N2S.C34H21NS/c1-3-11-28(12-4-1)43-24-23-34-39(43)26-35(32-20-21-33-31-16-8-10-18-40(31)45-42(33)41(32)34)27-19-22-38-36(25-27)30-15-7-9-17-37(30)44(38)29-13-5-2-6-14-29;1-4-12-30(13-5-1)43-27-26-37-39(43)28-38(35-24-25-36-34-18-10-11-19-40(34)45-42(36)41(35)37)29-20-22-33(23-21-29)44(31-14-6-2-7-15-31)32-16-8-3-9-17-32;1-2-10-25(11-3-1)35-19-18-29-31(35)21-30(24-15-14-22-8-4-5-9-23(22)20-24)27-16-17-28-26-12-6-7-13-32(26)36-34(28)33(27)29/h1-26H;1-28H;1-21H. The molecule has 7 heterocycles. The maximum atomic E-state index is 2.41. The van der Waals surface area contributed by atoms with E-state index in [0.29, 0.717) is 0 Å². The molecule has 0 aliphatic heterocycles. The highest BCUT2D eigenvalue weighted by Gasteiger charge is 2.24. The van der Waals surface area contributed by atoms with Crippen LogP contribution >= 0.6 is 34.0 Å². The average molecular weight is 1660 g/mol. The Morgan fingerprint density at radius 2 is 0.508 bits per heavy atom. The number of thiophene rings is 3. The van der Waals surface area contributed by atoms with Gasteiger partial charge in [-0.2, -0.15) is 0 Å². The van der Waals surface area contributed by atoms with Gasteiger partial charge in [-0.3, -0.25) is 0 Å². The predicted molar refractivity (Wildman–Crippen MR) is 544 cm³/mol. The van der Waals surface area contributed by atoms with Crippen molar-refractivity contribution in [2.45, 2.75) is 0 Å². The molecule has 20 aromatic carbocycles. The van der Waals surface area contributed by atoms with E-state index in [4.69, 9.17) is 0 Å². The summed E-state index contributed by atoms with van der Waals surface area (Å²) in [7, 11) is 0. The van der Waals surface area contributed by atoms with Gasteiger partial charge in [0.2, 0.25) is 0 Å². The predicted octanol–water partition coefficient (Wildman–Crippen LogP) is 34.2. The molecule has 0 radical (unpaired) electrons. The minimum atomic E-state index is 1.13. The average Bonchev–Trinajstić information content (AvgIpc) is 1.54. The molecule has 0 N–H and O–H groups in total. The maximum absolute atomic E-state index is 2.41. The maximum Gasteiger partial charge on any atom is 0.0541 e. The molecule has 0 unspecified atom stereocenters. The molecule has 27 rings (SSSR count). The van der Waals surface area contributed by atoms with Gasteiger partial charge in [0.25, 0.3) is 0 Å². The van der Waals surface area contributed by atoms with E-state index in [-0.39, 0.29) is 0 Å². The second kappa shape index (κ2) is 30.1. The first-order valence-corrected chi connectivity index (χ1v) is 45.4. The Bertz CT molecular complexity index is 8910. The molecule has 0 amide bonds. The summed E-state index contributed by atoms with van der Waals surface area (Å²) in [6.45, 7) is 0. The number of rotatable bonds is 10. The third-order valence-electron chi connectivity index (χ3n) is 25.6. The second-order valence-electron chi connectivity index (χ2n) is 32.6. The van der Waals surface area contributed by atoms with Crippen LogP contribution in [0.1, 0.15) is 0 Å². The number of nitrogens with zero attached hydrogens (tertiary/aromatic N) is 5. The van der Waals surface area contributed by atoms with E-state index in [9.17, 15) is 0 Å². The van der Waals surface area contributed by atoms with Crippen LogP contribution in [0.4, 0.5) is 17.1 Å². The van der Waals surface area contributed by atoms with E-state index in [1.807, 2.05) is 34.0 Å². The molecule has 0 bridgehead atoms. The van der Waals surface area contributed by atoms with Crippen molar-refractivity contribution >= 4 is 209 Å². The Labute approximate surface area is 738 Å². The van der Waals surface area contributed by atoms with Gasteiger partial charge in [-0.15, -0.1) is 34.0 Å². The van der Waals surface area contributed by atoms with Crippen LogP contribution in [0.2, 0.25) is 0 Å². The second-order valence-corrected chi connectivity index (χ2v) is 35.7.